The zero-order chi connectivity index (χ0) is 20.2. The molecule has 0 saturated heterocycles. The Bertz CT molecular complexity index is 1130. The van der Waals surface area contributed by atoms with Crippen molar-refractivity contribution >= 4 is 5.91 Å². The van der Waals surface area contributed by atoms with Crippen LogP contribution < -0.4 is 5.32 Å². The van der Waals surface area contributed by atoms with E-state index in [0.717, 1.165) is 28.3 Å². The second kappa shape index (κ2) is 8.14. The van der Waals surface area contributed by atoms with E-state index in [4.69, 9.17) is 0 Å². The summed E-state index contributed by atoms with van der Waals surface area (Å²) in [4.78, 5) is 12.6. The lowest BCUT2D eigenvalue weighted by molar-refractivity contribution is 0.0953. The zero-order valence-corrected chi connectivity index (χ0v) is 16.5. The number of aromatic nitrogens is 4. The summed E-state index contributed by atoms with van der Waals surface area (Å²) in [6.07, 6.45) is 4.22. The van der Waals surface area contributed by atoms with Gasteiger partial charge in [0.1, 0.15) is 0 Å². The maximum Gasteiger partial charge on any atom is 0.254 e. The van der Waals surface area contributed by atoms with E-state index in [1.54, 1.807) is 6.20 Å². The molecule has 6 nitrogen and oxygen atoms in total. The molecule has 0 aliphatic rings. The molecule has 29 heavy (non-hydrogen) atoms. The van der Waals surface area contributed by atoms with E-state index in [9.17, 15) is 4.79 Å². The van der Waals surface area contributed by atoms with Gasteiger partial charge >= 0.3 is 0 Å². The summed E-state index contributed by atoms with van der Waals surface area (Å²) in [5.74, 6) is -0.121. The Morgan fingerprint density at radius 2 is 1.76 bits per heavy atom. The van der Waals surface area contributed by atoms with Crippen LogP contribution in [0.25, 0.3) is 11.4 Å². The first-order valence-electron chi connectivity index (χ1n) is 9.62. The molecule has 6 heteroatoms. The summed E-state index contributed by atoms with van der Waals surface area (Å²) in [5, 5.41) is 12.0. The molecule has 146 valence electrons. The lowest BCUT2D eigenvalue weighted by Crippen LogP contribution is -2.26. The second-order valence-electron chi connectivity index (χ2n) is 6.94. The van der Waals surface area contributed by atoms with E-state index in [2.05, 4.69) is 15.5 Å². The molecule has 4 rings (SSSR count). The predicted molar refractivity (Wildman–Crippen MR) is 113 cm³/mol. The second-order valence-corrected chi connectivity index (χ2v) is 6.94. The highest BCUT2D eigenvalue weighted by Crippen LogP contribution is 2.17. The first-order chi connectivity index (χ1) is 14.1. The van der Waals surface area contributed by atoms with Crippen molar-refractivity contribution in [2.24, 2.45) is 0 Å². The summed E-state index contributed by atoms with van der Waals surface area (Å²) in [6, 6.07) is 19.9. The number of rotatable bonds is 6. The van der Waals surface area contributed by atoms with Gasteiger partial charge in [-0.3, -0.25) is 4.79 Å². The molecule has 0 fully saturated rings. The Labute approximate surface area is 169 Å². The number of para-hydroxylation sites is 2. The normalized spacial score (nSPS) is 10.8. The van der Waals surface area contributed by atoms with Crippen LogP contribution in [-0.4, -0.2) is 32.0 Å². The molecule has 0 spiro atoms. The van der Waals surface area contributed by atoms with Crippen molar-refractivity contribution in [1.29, 1.82) is 0 Å². The summed E-state index contributed by atoms with van der Waals surface area (Å²) >= 11 is 0. The van der Waals surface area contributed by atoms with Gasteiger partial charge in [-0.1, -0.05) is 36.4 Å². The molecule has 1 amide bonds. The predicted octanol–water partition coefficient (Wildman–Crippen LogP) is 3.65. The largest absolute Gasteiger partial charge is 0.352 e. The number of carbonyl (C=O) groups excluding carboxylic acids is 1. The fourth-order valence-electron chi connectivity index (χ4n) is 3.30. The van der Waals surface area contributed by atoms with Gasteiger partial charge in [0.05, 0.1) is 34.5 Å². The van der Waals surface area contributed by atoms with E-state index in [1.807, 2.05) is 90.1 Å². The summed E-state index contributed by atoms with van der Waals surface area (Å²) in [7, 11) is 0. The number of aryl methyl sites for hydroxylation is 1. The Morgan fingerprint density at radius 3 is 2.55 bits per heavy atom. The molecule has 4 aromatic rings. The minimum Gasteiger partial charge on any atom is -0.352 e. The van der Waals surface area contributed by atoms with Crippen LogP contribution in [0.3, 0.4) is 0 Å². The van der Waals surface area contributed by atoms with Crippen LogP contribution in [0.5, 0.6) is 0 Å². The standard InChI is InChI=1S/C23H23N5O/c1-17-8-6-7-11-22(17)28-18(2)21(16-25-28)23(29)24-14-12-19-13-15-27(26-19)20-9-4-3-5-10-20/h3-11,13,15-16H,12,14H2,1-2H3,(H,24,29). The quantitative estimate of drug-likeness (QED) is 0.551. The Morgan fingerprint density at radius 1 is 1.00 bits per heavy atom. The maximum absolute atomic E-state index is 12.6. The molecule has 0 saturated carbocycles. The van der Waals surface area contributed by atoms with Gasteiger partial charge in [-0.05, 0) is 43.7 Å². The lowest BCUT2D eigenvalue weighted by atomic mass is 10.2. The summed E-state index contributed by atoms with van der Waals surface area (Å²) < 4.78 is 3.65. The Kier molecular flexibility index (Phi) is 5.24. The summed E-state index contributed by atoms with van der Waals surface area (Å²) in [5.41, 5.74) is 5.45. The lowest BCUT2D eigenvalue weighted by Gasteiger charge is -2.08. The molecular weight excluding hydrogens is 362 g/mol. The minimum atomic E-state index is -0.121. The monoisotopic (exact) mass is 385 g/mol. The molecule has 1 N–H and O–H groups in total. The first kappa shape index (κ1) is 18.7. The van der Waals surface area contributed by atoms with E-state index < -0.39 is 0 Å². The molecule has 2 aromatic carbocycles. The van der Waals surface area contributed by atoms with Crippen LogP contribution in [0.1, 0.15) is 27.3 Å². The highest BCUT2D eigenvalue weighted by Gasteiger charge is 2.15. The minimum absolute atomic E-state index is 0.121. The van der Waals surface area contributed by atoms with Crippen molar-refractivity contribution in [3.8, 4) is 11.4 Å². The molecule has 0 atom stereocenters. The van der Waals surface area contributed by atoms with Gasteiger partial charge in [0, 0.05) is 19.2 Å². The van der Waals surface area contributed by atoms with Crippen molar-refractivity contribution in [2.75, 3.05) is 6.54 Å². The van der Waals surface area contributed by atoms with Crippen molar-refractivity contribution in [3.05, 3.63) is 95.6 Å². The first-order valence-corrected chi connectivity index (χ1v) is 9.62. The van der Waals surface area contributed by atoms with Gasteiger partial charge in [-0.25, -0.2) is 9.36 Å². The topological polar surface area (TPSA) is 64.7 Å². The van der Waals surface area contributed by atoms with Crippen molar-refractivity contribution < 1.29 is 4.79 Å². The van der Waals surface area contributed by atoms with Gasteiger partial charge in [-0.15, -0.1) is 0 Å². The average molecular weight is 385 g/mol. The third kappa shape index (κ3) is 3.96. The van der Waals surface area contributed by atoms with E-state index in [-0.39, 0.29) is 5.91 Å². The van der Waals surface area contributed by atoms with Crippen LogP contribution in [0.2, 0.25) is 0 Å². The van der Waals surface area contributed by atoms with Gasteiger partial charge in [0.2, 0.25) is 0 Å². The van der Waals surface area contributed by atoms with Gasteiger partial charge in [-0.2, -0.15) is 10.2 Å². The van der Waals surface area contributed by atoms with Gasteiger partial charge < -0.3 is 5.32 Å². The number of nitrogens with zero attached hydrogens (tertiary/aromatic N) is 4. The number of benzene rings is 2. The fourth-order valence-corrected chi connectivity index (χ4v) is 3.30. The van der Waals surface area contributed by atoms with Gasteiger partial charge in [0.25, 0.3) is 5.91 Å². The van der Waals surface area contributed by atoms with Crippen LogP contribution in [0, 0.1) is 13.8 Å². The molecular formula is C23H23N5O. The molecule has 0 aliphatic carbocycles. The Balaban J connectivity index is 1.39. The highest BCUT2D eigenvalue weighted by molar-refractivity contribution is 5.95. The van der Waals surface area contributed by atoms with E-state index >= 15 is 0 Å². The maximum atomic E-state index is 12.6. The molecule has 2 aromatic heterocycles. The Hall–Kier alpha value is -3.67. The van der Waals surface area contributed by atoms with Crippen molar-refractivity contribution in [1.82, 2.24) is 24.9 Å². The highest BCUT2D eigenvalue weighted by atomic mass is 16.1. The van der Waals surface area contributed by atoms with Gasteiger partial charge in [0.15, 0.2) is 0 Å². The molecule has 0 unspecified atom stereocenters. The zero-order valence-electron chi connectivity index (χ0n) is 16.5. The molecule has 0 radical (unpaired) electrons. The van der Waals surface area contributed by atoms with Crippen LogP contribution >= 0.6 is 0 Å². The third-order valence-electron chi connectivity index (χ3n) is 4.93. The van der Waals surface area contributed by atoms with Crippen LogP contribution in [0.15, 0.2) is 73.1 Å². The number of amides is 1. The van der Waals surface area contributed by atoms with Crippen molar-refractivity contribution in [3.63, 3.8) is 0 Å². The molecule has 0 bridgehead atoms. The number of carbonyl (C=O) groups is 1. The third-order valence-corrected chi connectivity index (χ3v) is 4.93. The fraction of sp³-hybridized carbons (Fsp3) is 0.174. The van der Waals surface area contributed by atoms with E-state index in [1.165, 1.54) is 0 Å². The van der Waals surface area contributed by atoms with E-state index in [0.29, 0.717) is 18.5 Å². The van der Waals surface area contributed by atoms with Crippen molar-refractivity contribution in [2.45, 2.75) is 20.3 Å². The molecule has 0 aliphatic heterocycles. The number of nitrogens with one attached hydrogen (secondary N) is 1. The molecule has 2 heterocycles. The average Bonchev–Trinajstić information content (AvgIpc) is 3.36. The smallest absolute Gasteiger partial charge is 0.254 e. The number of hydrogen-bond acceptors (Lipinski definition) is 3. The summed E-state index contributed by atoms with van der Waals surface area (Å²) in [6.45, 7) is 4.46. The van der Waals surface area contributed by atoms with Crippen LogP contribution in [0.4, 0.5) is 0 Å². The number of hydrogen-bond donors (Lipinski definition) is 1. The SMILES string of the molecule is Cc1ccccc1-n1ncc(C(=O)NCCc2ccn(-c3ccccc3)n2)c1C. The van der Waals surface area contributed by atoms with Crippen LogP contribution in [-0.2, 0) is 6.42 Å².